The van der Waals surface area contributed by atoms with Crippen LogP contribution in [0.2, 0.25) is 0 Å². The number of aryl methyl sites for hydroxylation is 2. The molecule has 0 atom stereocenters. The first-order chi connectivity index (χ1) is 11.4. The van der Waals surface area contributed by atoms with Crippen LogP contribution in [0, 0.1) is 13.8 Å². The lowest BCUT2D eigenvalue weighted by atomic mass is 10.1. The van der Waals surface area contributed by atoms with Gasteiger partial charge in [-0.3, -0.25) is 10.1 Å². The molecule has 0 aromatic heterocycles. The van der Waals surface area contributed by atoms with Crippen LogP contribution in [0.15, 0.2) is 36.4 Å². The number of rotatable bonds is 4. The van der Waals surface area contributed by atoms with Crippen molar-refractivity contribution >= 4 is 28.9 Å². The van der Waals surface area contributed by atoms with Gasteiger partial charge in [-0.15, -0.1) is 0 Å². The molecule has 0 spiro atoms. The molecule has 1 amide bonds. The van der Waals surface area contributed by atoms with Gasteiger partial charge in [0.05, 0.1) is 19.8 Å². The Bertz CT molecular complexity index is 775. The van der Waals surface area contributed by atoms with Crippen molar-refractivity contribution < 1.29 is 14.3 Å². The number of thiocarbonyl (C=S) groups is 1. The van der Waals surface area contributed by atoms with Gasteiger partial charge >= 0.3 is 0 Å². The summed E-state index contributed by atoms with van der Waals surface area (Å²) >= 11 is 5.21. The van der Waals surface area contributed by atoms with E-state index in [1.165, 1.54) is 12.7 Å². The van der Waals surface area contributed by atoms with Crippen molar-refractivity contribution in [3.63, 3.8) is 0 Å². The van der Waals surface area contributed by atoms with Crippen LogP contribution in [0.3, 0.4) is 0 Å². The predicted octanol–water partition coefficient (Wildman–Crippen LogP) is 3.45. The predicted molar refractivity (Wildman–Crippen MR) is 99.1 cm³/mol. The Balaban J connectivity index is 2.08. The van der Waals surface area contributed by atoms with Crippen LogP contribution in [-0.2, 0) is 0 Å². The molecule has 5 nitrogen and oxygen atoms in total. The molecule has 0 saturated carbocycles. The third kappa shape index (κ3) is 4.23. The topological polar surface area (TPSA) is 59.6 Å². The van der Waals surface area contributed by atoms with Crippen molar-refractivity contribution in [1.82, 2.24) is 5.32 Å². The SMILES string of the molecule is COc1ccc(C(=O)NC(=S)Nc2ccc(C)c(C)c2)c(OC)c1. The molecule has 0 aliphatic heterocycles. The number of ether oxygens (including phenoxy) is 2. The van der Waals surface area contributed by atoms with Crippen molar-refractivity contribution in [2.24, 2.45) is 0 Å². The summed E-state index contributed by atoms with van der Waals surface area (Å²) < 4.78 is 10.4. The number of methoxy groups -OCH3 is 2. The molecule has 0 unspecified atom stereocenters. The first-order valence-electron chi connectivity index (χ1n) is 7.36. The smallest absolute Gasteiger partial charge is 0.261 e. The third-order valence-electron chi connectivity index (χ3n) is 3.65. The molecule has 0 fully saturated rings. The summed E-state index contributed by atoms with van der Waals surface area (Å²) in [6.07, 6.45) is 0. The molecule has 0 bridgehead atoms. The lowest BCUT2D eigenvalue weighted by Crippen LogP contribution is -2.34. The summed E-state index contributed by atoms with van der Waals surface area (Å²) in [6.45, 7) is 4.06. The molecule has 2 aromatic rings. The molecule has 0 aliphatic carbocycles. The number of anilines is 1. The molecule has 0 radical (unpaired) electrons. The van der Waals surface area contributed by atoms with Gasteiger partial charge < -0.3 is 14.8 Å². The van der Waals surface area contributed by atoms with Crippen molar-refractivity contribution in [2.45, 2.75) is 13.8 Å². The van der Waals surface area contributed by atoms with E-state index in [0.717, 1.165) is 11.3 Å². The van der Waals surface area contributed by atoms with Gasteiger partial charge in [-0.05, 0) is 61.5 Å². The van der Waals surface area contributed by atoms with Gasteiger partial charge in [0.25, 0.3) is 5.91 Å². The van der Waals surface area contributed by atoms with Gasteiger partial charge in [0.2, 0.25) is 0 Å². The summed E-state index contributed by atoms with van der Waals surface area (Å²) in [5, 5.41) is 5.88. The van der Waals surface area contributed by atoms with Crippen LogP contribution in [0.5, 0.6) is 11.5 Å². The van der Waals surface area contributed by atoms with E-state index in [-0.39, 0.29) is 11.0 Å². The summed E-state index contributed by atoms with van der Waals surface area (Å²) in [7, 11) is 3.05. The van der Waals surface area contributed by atoms with Crippen molar-refractivity contribution in [1.29, 1.82) is 0 Å². The summed E-state index contributed by atoms with van der Waals surface area (Å²) in [5.74, 6) is 0.677. The van der Waals surface area contributed by atoms with Crippen molar-refractivity contribution in [3.8, 4) is 11.5 Å². The highest BCUT2D eigenvalue weighted by Gasteiger charge is 2.14. The molecular weight excluding hydrogens is 324 g/mol. The fourth-order valence-corrected chi connectivity index (χ4v) is 2.35. The average Bonchev–Trinajstić information content (AvgIpc) is 2.57. The Hall–Kier alpha value is -2.60. The zero-order valence-corrected chi connectivity index (χ0v) is 14.9. The van der Waals surface area contributed by atoms with Gasteiger partial charge in [-0.2, -0.15) is 0 Å². The Kier molecular flexibility index (Phi) is 5.76. The third-order valence-corrected chi connectivity index (χ3v) is 3.85. The number of carbonyl (C=O) groups is 1. The lowest BCUT2D eigenvalue weighted by molar-refractivity contribution is 0.0974. The Morgan fingerprint density at radius 3 is 2.38 bits per heavy atom. The summed E-state index contributed by atoms with van der Waals surface area (Å²) in [4.78, 5) is 12.4. The second kappa shape index (κ2) is 7.79. The van der Waals surface area contributed by atoms with Crippen LogP contribution >= 0.6 is 12.2 Å². The van der Waals surface area contributed by atoms with Gasteiger partial charge in [-0.1, -0.05) is 6.07 Å². The van der Waals surface area contributed by atoms with Crippen LogP contribution in [0.1, 0.15) is 21.5 Å². The number of amides is 1. The standard InChI is InChI=1S/C18H20N2O3S/c1-11-5-6-13(9-12(11)2)19-18(24)20-17(21)15-8-7-14(22-3)10-16(15)23-4/h5-10H,1-4H3,(H2,19,20,21,24). The highest BCUT2D eigenvalue weighted by molar-refractivity contribution is 7.80. The number of benzene rings is 2. The largest absolute Gasteiger partial charge is 0.497 e. The molecule has 126 valence electrons. The average molecular weight is 344 g/mol. The maximum Gasteiger partial charge on any atom is 0.261 e. The van der Waals surface area contributed by atoms with E-state index < -0.39 is 0 Å². The lowest BCUT2D eigenvalue weighted by Gasteiger charge is -2.13. The molecule has 0 aliphatic rings. The maximum atomic E-state index is 12.4. The fraction of sp³-hybridized carbons (Fsp3) is 0.222. The first kappa shape index (κ1) is 17.7. The fourth-order valence-electron chi connectivity index (χ4n) is 2.14. The normalized spacial score (nSPS) is 10.0. The zero-order valence-electron chi connectivity index (χ0n) is 14.1. The second-order valence-corrected chi connectivity index (χ2v) is 5.68. The highest BCUT2D eigenvalue weighted by atomic mass is 32.1. The molecule has 0 heterocycles. The molecule has 24 heavy (non-hydrogen) atoms. The zero-order chi connectivity index (χ0) is 17.7. The Morgan fingerprint density at radius 1 is 1.00 bits per heavy atom. The van der Waals surface area contributed by atoms with Gasteiger partial charge in [0.15, 0.2) is 5.11 Å². The minimum atomic E-state index is -0.351. The molecule has 2 N–H and O–H groups in total. The number of hydrogen-bond donors (Lipinski definition) is 2. The van der Waals surface area contributed by atoms with Crippen LogP contribution in [-0.4, -0.2) is 25.2 Å². The summed E-state index contributed by atoms with van der Waals surface area (Å²) in [5.41, 5.74) is 3.54. The van der Waals surface area contributed by atoms with E-state index in [9.17, 15) is 4.79 Å². The van der Waals surface area contributed by atoms with E-state index in [0.29, 0.717) is 17.1 Å². The van der Waals surface area contributed by atoms with Crippen molar-refractivity contribution in [2.75, 3.05) is 19.5 Å². The Labute approximate surface area is 147 Å². The number of carbonyl (C=O) groups excluding carboxylic acids is 1. The minimum absolute atomic E-state index is 0.223. The maximum absolute atomic E-state index is 12.4. The van der Waals surface area contributed by atoms with Crippen LogP contribution in [0.25, 0.3) is 0 Å². The molecule has 2 rings (SSSR count). The van der Waals surface area contributed by atoms with Crippen molar-refractivity contribution in [3.05, 3.63) is 53.1 Å². The van der Waals surface area contributed by atoms with E-state index in [1.54, 1.807) is 25.3 Å². The monoisotopic (exact) mass is 344 g/mol. The van der Waals surface area contributed by atoms with Gasteiger partial charge in [0, 0.05) is 11.8 Å². The van der Waals surface area contributed by atoms with Crippen LogP contribution < -0.4 is 20.1 Å². The summed E-state index contributed by atoms with van der Waals surface area (Å²) in [6, 6.07) is 10.8. The van der Waals surface area contributed by atoms with Gasteiger partial charge in [-0.25, -0.2) is 0 Å². The Morgan fingerprint density at radius 2 is 1.75 bits per heavy atom. The highest BCUT2D eigenvalue weighted by Crippen LogP contribution is 2.24. The minimum Gasteiger partial charge on any atom is -0.497 e. The number of nitrogens with one attached hydrogen (secondary N) is 2. The molecular formula is C18H20N2O3S. The van der Waals surface area contributed by atoms with E-state index in [4.69, 9.17) is 21.7 Å². The van der Waals surface area contributed by atoms with E-state index >= 15 is 0 Å². The van der Waals surface area contributed by atoms with Gasteiger partial charge in [0.1, 0.15) is 11.5 Å². The molecule has 6 heteroatoms. The van der Waals surface area contributed by atoms with Crippen LogP contribution in [0.4, 0.5) is 5.69 Å². The second-order valence-electron chi connectivity index (χ2n) is 5.27. The first-order valence-corrected chi connectivity index (χ1v) is 7.77. The molecule has 2 aromatic carbocycles. The number of hydrogen-bond acceptors (Lipinski definition) is 4. The van der Waals surface area contributed by atoms with E-state index in [2.05, 4.69) is 10.6 Å². The molecule has 0 saturated heterocycles. The quantitative estimate of drug-likeness (QED) is 0.832. The van der Waals surface area contributed by atoms with E-state index in [1.807, 2.05) is 32.0 Å².